The molecule has 2 amide bonds. The summed E-state index contributed by atoms with van der Waals surface area (Å²) in [6.45, 7) is 2.98. The SMILES string of the molecule is COc1ccc(C)cc1N(CC(=O)N/N=C\c1ccc(OCC(=O)Nc2ccccc2)cc1)S(=O)(=O)c1ccc(C)cc1. The second kappa shape index (κ2) is 14.1. The molecule has 4 aromatic rings. The standard InChI is InChI=1S/C32H32N4O6S/c1-23-9-16-28(17-10-23)43(39,40)36(29-19-24(2)11-18-30(29)41-3)21-31(37)35-33-20-25-12-14-27(15-13-25)42-22-32(38)34-26-7-5-4-6-8-26/h4-20H,21-22H2,1-3H3,(H,34,38)(H,35,37)/b33-20-. The van der Waals surface area contributed by atoms with Gasteiger partial charge in [0.1, 0.15) is 18.0 Å². The smallest absolute Gasteiger partial charge is 0.264 e. The van der Waals surface area contributed by atoms with E-state index in [-0.39, 0.29) is 23.1 Å². The number of methoxy groups -OCH3 is 1. The number of ether oxygens (including phenoxy) is 2. The molecule has 2 N–H and O–H groups in total. The van der Waals surface area contributed by atoms with Crippen LogP contribution in [0.25, 0.3) is 0 Å². The Hall–Kier alpha value is -5.16. The lowest BCUT2D eigenvalue weighted by Crippen LogP contribution is -2.39. The molecule has 11 heteroatoms. The summed E-state index contributed by atoms with van der Waals surface area (Å²) in [4.78, 5) is 25.1. The zero-order valence-corrected chi connectivity index (χ0v) is 24.8. The van der Waals surface area contributed by atoms with Crippen molar-refractivity contribution in [3.8, 4) is 11.5 Å². The summed E-state index contributed by atoms with van der Waals surface area (Å²) in [5.74, 6) is -0.160. The summed E-state index contributed by atoms with van der Waals surface area (Å²) in [6, 6.07) is 27.3. The topological polar surface area (TPSA) is 126 Å². The average molecular weight is 601 g/mol. The van der Waals surface area contributed by atoms with E-state index in [9.17, 15) is 18.0 Å². The highest BCUT2D eigenvalue weighted by molar-refractivity contribution is 7.92. The van der Waals surface area contributed by atoms with Crippen LogP contribution >= 0.6 is 0 Å². The van der Waals surface area contributed by atoms with Crippen molar-refractivity contribution >= 4 is 39.4 Å². The number of amides is 2. The number of nitrogens with one attached hydrogen (secondary N) is 2. The number of sulfonamides is 1. The second-order valence-electron chi connectivity index (χ2n) is 9.57. The van der Waals surface area contributed by atoms with E-state index < -0.39 is 22.5 Å². The van der Waals surface area contributed by atoms with Crippen LogP contribution in [0.5, 0.6) is 11.5 Å². The summed E-state index contributed by atoms with van der Waals surface area (Å²) in [5, 5.41) is 6.73. The Morgan fingerprint density at radius 3 is 2.21 bits per heavy atom. The van der Waals surface area contributed by atoms with Gasteiger partial charge in [0.05, 0.1) is 23.9 Å². The third-order valence-corrected chi connectivity index (χ3v) is 7.98. The van der Waals surface area contributed by atoms with Crippen molar-refractivity contribution in [2.45, 2.75) is 18.7 Å². The normalized spacial score (nSPS) is 11.1. The maximum absolute atomic E-state index is 13.7. The third kappa shape index (κ3) is 8.43. The number of hydrogen-bond donors (Lipinski definition) is 2. The van der Waals surface area contributed by atoms with E-state index in [1.165, 1.54) is 25.5 Å². The van der Waals surface area contributed by atoms with Crippen molar-refractivity contribution in [2.24, 2.45) is 5.10 Å². The van der Waals surface area contributed by atoms with Gasteiger partial charge in [0.25, 0.3) is 21.8 Å². The van der Waals surface area contributed by atoms with Crippen LogP contribution in [-0.4, -0.2) is 46.7 Å². The molecule has 0 aliphatic heterocycles. The molecule has 0 saturated heterocycles. The second-order valence-corrected chi connectivity index (χ2v) is 11.4. The van der Waals surface area contributed by atoms with Crippen molar-refractivity contribution in [1.29, 1.82) is 0 Å². The maximum Gasteiger partial charge on any atom is 0.264 e. The lowest BCUT2D eigenvalue weighted by molar-refractivity contribution is -0.119. The van der Waals surface area contributed by atoms with Crippen molar-refractivity contribution < 1.29 is 27.5 Å². The van der Waals surface area contributed by atoms with Crippen LogP contribution in [0, 0.1) is 13.8 Å². The number of rotatable bonds is 12. The van der Waals surface area contributed by atoms with Crippen molar-refractivity contribution in [3.05, 3.63) is 114 Å². The van der Waals surface area contributed by atoms with Crippen LogP contribution in [0.2, 0.25) is 0 Å². The van der Waals surface area contributed by atoms with Gasteiger partial charge in [-0.15, -0.1) is 0 Å². The first kappa shape index (κ1) is 30.8. The molecule has 10 nitrogen and oxygen atoms in total. The zero-order chi connectivity index (χ0) is 30.8. The molecule has 0 fully saturated rings. The molecule has 0 radical (unpaired) electrons. The van der Waals surface area contributed by atoms with Gasteiger partial charge in [-0.25, -0.2) is 13.8 Å². The van der Waals surface area contributed by atoms with Crippen molar-refractivity contribution in [3.63, 3.8) is 0 Å². The molecule has 0 spiro atoms. The van der Waals surface area contributed by atoms with Crippen LogP contribution in [-0.2, 0) is 19.6 Å². The molecule has 0 aliphatic rings. The molecule has 0 aliphatic carbocycles. The Morgan fingerprint density at radius 2 is 1.53 bits per heavy atom. The lowest BCUT2D eigenvalue weighted by atomic mass is 10.2. The Morgan fingerprint density at radius 1 is 0.860 bits per heavy atom. The van der Waals surface area contributed by atoms with Gasteiger partial charge >= 0.3 is 0 Å². The Bertz CT molecular complexity index is 1690. The fourth-order valence-electron chi connectivity index (χ4n) is 3.99. The maximum atomic E-state index is 13.7. The molecular weight excluding hydrogens is 568 g/mol. The highest BCUT2D eigenvalue weighted by Gasteiger charge is 2.29. The minimum Gasteiger partial charge on any atom is -0.495 e. The first-order valence-corrected chi connectivity index (χ1v) is 14.7. The third-order valence-electron chi connectivity index (χ3n) is 6.21. The van der Waals surface area contributed by atoms with E-state index in [0.717, 1.165) is 15.4 Å². The predicted molar refractivity (Wildman–Crippen MR) is 166 cm³/mol. The molecular formula is C32H32N4O6S. The van der Waals surface area contributed by atoms with Crippen LogP contribution in [0.4, 0.5) is 11.4 Å². The number of para-hydroxylation sites is 1. The van der Waals surface area contributed by atoms with E-state index in [2.05, 4.69) is 15.8 Å². The lowest BCUT2D eigenvalue weighted by Gasteiger charge is -2.25. The zero-order valence-electron chi connectivity index (χ0n) is 24.0. The first-order valence-electron chi connectivity index (χ1n) is 13.3. The summed E-state index contributed by atoms with van der Waals surface area (Å²) in [6.07, 6.45) is 1.41. The van der Waals surface area contributed by atoms with Gasteiger partial charge in [-0.05, 0) is 85.6 Å². The summed E-state index contributed by atoms with van der Waals surface area (Å²) in [7, 11) is -2.69. The number of hydrogen-bond acceptors (Lipinski definition) is 7. The van der Waals surface area contributed by atoms with E-state index in [0.29, 0.717) is 22.7 Å². The van der Waals surface area contributed by atoms with Gasteiger partial charge in [-0.1, -0.05) is 42.0 Å². The van der Waals surface area contributed by atoms with E-state index >= 15 is 0 Å². The van der Waals surface area contributed by atoms with Gasteiger partial charge < -0.3 is 14.8 Å². The summed E-state index contributed by atoms with van der Waals surface area (Å²) in [5.41, 5.74) is 5.64. The molecule has 0 bridgehead atoms. The van der Waals surface area contributed by atoms with Crippen LogP contribution in [0.15, 0.2) is 107 Å². The molecule has 0 atom stereocenters. The summed E-state index contributed by atoms with van der Waals surface area (Å²) < 4.78 is 39.3. The monoisotopic (exact) mass is 600 g/mol. The number of anilines is 2. The Labute approximate surface area is 251 Å². The first-order chi connectivity index (χ1) is 20.7. The number of carbonyl (C=O) groups excluding carboxylic acids is 2. The number of benzene rings is 4. The fourth-order valence-corrected chi connectivity index (χ4v) is 5.42. The minimum absolute atomic E-state index is 0.0396. The van der Waals surface area contributed by atoms with Crippen LogP contribution in [0.1, 0.15) is 16.7 Å². The van der Waals surface area contributed by atoms with Gasteiger partial charge in [-0.3, -0.25) is 13.9 Å². The molecule has 0 heterocycles. The van der Waals surface area contributed by atoms with Crippen molar-refractivity contribution in [1.82, 2.24) is 5.43 Å². The molecule has 222 valence electrons. The largest absolute Gasteiger partial charge is 0.495 e. The number of nitrogens with zero attached hydrogens (tertiary/aromatic N) is 2. The van der Waals surface area contributed by atoms with Gasteiger partial charge in [0.2, 0.25) is 0 Å². The molecule has 4 aromatic carbocycles. The quantitative estimate of drug-likeness (QED) is 0.180. The molecule has 4 rings (SSSR count). The van der Waals surface area contributed by atoms with Crippen molar-refractivity contribution in [2.75, 3.05) is 29.9 Å². The predicted octanol–water partition coefficient (Wildman–Crippen LogP) is 4.68. The van der Waals surface area contributed by atoms with Gasteiger partial charge in [-0.2, -0.15) is 5.10 Å². The number of hydrazone groups is 1. The minimum atomic E-state index is -4.13. The molecule has 43 heavy (non-hydrogen) atoms. The average Bonchev–Trinajstić information content (AvgIpc) is 3.00. The number of carbonyl (C=O) groups is 2. The molecule has 0 unspecified atom stereocenters. The molecule has 0 aromatic heterocycles. The highest BCUT2D eigenvalue weighted by atomic mass is 32.2. The van der Waals surface area contributed by atoms with Crippen LogP contribution < -0.4 is 24.5 Å². The van der Waals surface area contributed by atoms with E-state index in [1.807, 2.05) is 32.0 Å². The summed E-state index contributed by atoms with van der Waals surface area (Å²) >= 11 is 0. The van der Waals surface area contributed by atoms with E-state index in [1.54, 1.807) is 66.7 Å². The highest BCUT2D eigenvalue weighted by Crippen LogP contribution is 2.33. The van der Waals surface area contributed by atoms with Gasteiger partial charge in [0, 0.05) is 5.69 Å². The Kier molecular flexibility index (Phi) is 10.1. The number of aryl methyl sites for hydroxylation is 2. The van der Waals surface area contributed by atoms with E-state index in [4.69, 9.17) is 9.47 Å². The molecule has 0 saturated carbocycles. The van der Waals surface area contributed by atoms with Crippen LogP contribution in [0.3, 0.4) is 0 Å². The Balaban J connectivity index is 1.40. The fraction of sp³-hybridized carbons (Fsp3) is 0.156. The van der Waals surface area contributed by atoms with Gasteiger partial charge in [0.15, 0.2) is 6.61 Å².